The van der Waals surface area contributed by atoms with E-state index in [0.29, 0.717) is 42.4 Å². The zero-order valence-corrected chi connectivity index (χ0v) is 22.5. The van der Waals surface area contributed by atoms with Gasteiger partial charge in [-0.2, -0.15) is 0 Å². The Hall–Kier alpha value is -3.64. The number of benzene rings is 1. The molecule has 214 valence electrons. The molecule has 12 nitrogen and oxygen atoms in total. The number of likely N-dealkylation sites (tertiary alicyclic amines) is 1. The number of amides is 1. The van der Waals surface area contributed by atoms with Crippen molar-refractivity contribution in [1.29, 1.82) is 0 Å². The standard InChI is InChI=1S/C27H37N3O9/c1-4-9-30(39-11-5-2)24(33)15-28-14-18(17-12-20(36-3)26-21(13-17)37-16-38-26)25(27(34)35)19(28)8-10-29-22(31)6-7-23(29)32/h6-7,12-13,18-19,25,31-32H,4-5,8-11,14-16H2,1-3H3,(H,34,35)/t18-,19+,25?/m1/s1. The molecule has 12 heteroatoms. The van der Waals surface area contributed by atoms with Crippen LogP contribution in [0, 0.1) is 5.92 Å². The molecule has 0 saturated carbocycles. The molecule has 39 heavy (non-hydrogen) atoms. The van der Waals surface area contributed by atoms with Crippen molar-refractivity contribution in [3.05, 3.63) is 29.8 Å². The predicted molar refractivity (Wildman–Crippen MR) is 139 cm³/mol. The van der Waals surface area contributed by atoms with Crippen LogP contribution < -0.4 is 14.2 Å². The zero-order chi connectivity index (χ0) is 28.1. The van der Waals surface area contributed by atoms with Crippen molar-refractivity contribution in [2.75, 3.05) is 40.1 Å². The van der Waals surface area contributed by atoms with Crippen molar-refractivity contribution in [1.82, 2.24) is 14.5 Å². The summed E-state index contributed by atoms with van der Waals surface area (Å²) in [5.74, 6) is -1.51. The number of carbonyl (C=O) groups excluding carboxylic acids is 1. The van der Waals surface area contributed by atoms with Gasteiger partial charge in [0.1, 0.15) is 0 Å². The lowest BCUT2D eigenvalue weighted by molar-refractivity contribution is -0.188. The first-order valence-corrected chi connectivity index (χ1v) is 13.2. The number of carboxylic acid groups (broad SMARTS) is 1. The van der Waals surface area contributed by atoms with Crippen LogP contribution in [-0.2, 0) is 21.0 Å². The van der Waals surface area contributed by atoms with Gasteiger partial charge in [-0.3, -0.25) is 23.9 Å². The van der Waals surface area contributed by atoms with Crippen molar-refractivity contribution in [2.45, 2.75) is 51.6 Å². The van der Waals surface area contributed by atoms with Gasteiger partial charge in [-0.1, -0.05) is 13.8 Å². The second-order valence-corrected chi connectivity index (χ2v) is 9.74. The number of rotatable bonds is 13. The van der Waals surface area contributed by atoms with Crippen LogP contribution in [0.2, 0.25) is 0 Å². The van der Waals surface area contributed by atoms with Crippen LogP contribution in [0.1, 0.15) is 44.6 Å². The van der Waals surface area contributed by atoms with Crippen molar-refractivity contribution < 1.29 is 44.0 Å². The van der Waals surface area contributed by atoms with E-state index < -0.39 is 23.8 Å². The minimum Gasteiger partial charge on any atom is -0.494 e. The summed E-state index contributed by atoms with van der Waals surface area (Å²) in [4.78, 5) is 33.6. The van der Waals surface area contributed by atoms with Gasteiger partial charge >= 0.3 is 5.97 Å². The molecule has 1 saturated heterocycles. The molecular weight excluding hydrogens is 510 g/mol. The van der Waals surface area contributed by atoms with Gasteiger partial charge in [-0.05, 0) is 37.0 Å². The van der Waals surface area contributed by atoms with E-state index in [0.717, 1.165) is 6.42 Å². The molecule has 0 spiro atoms. The first-order chi connectivity index (χ1) is 18.8. The molecule has 1 fully saturated rings. The maximum atomic E-state index is 13.3. The number of hydroxylamine groups is 2. The first-order valence-electron chi connectivity index (χ1n) is 13.2. The van der Waals surface area contributed by atoms with Gasteiger partial charge in [-0.15, -0.1) is 0 Å². The Morgan fingerprint density at radius 1 is 1.13 bits per heavy atom. The van der Waals surface area contributed by atoms with Crippen molar-refractivity contribution in [3.63, 3.8) is 0 Å². The van der Waals surface area contributed by atoms with Crippen LogP contribution >= 0.6 is 0 Å². The molecule has 1 amide bonds. The quantitative estimate of drug-likeness (QED) is 0.320. The Bertz CT molecular complexity index is 1150. The molecule has 2 aromatic rings. The van der Waals surface area contributed by atoms with E-state index in [-0.39, 0.29) is 50.5 Å². The largest absolute Gasteiger partial charge is 0.494 e. The number of aliphatic carboxylic acids is 1. The summed E-state index contributed by atoms with van der Waals surface area (Å²) in [5, 5.41) is 32.1. The van der Waals surface area contributed by atoms with Crippen LogP contribution in [-0.4, -0.2) is 87.9 Å². The van der Waals surface area contributed by atoms with Crippen LogP contribution in [0.15, 0.2) is 24.3 Å². The molecule has 3 N–H and O–H groups in total. The molecule has 3 heterocycles. The average Bonchev–Trinajstić information content (AvgIpc) is 3.62. The average molecular weight is 548 g/mol. The molecule has 1 aromatic heterocycles. The van der Waals surface area contributed by atoms with Crippen LogP contribution in [0.5, 0.6) is 29.0 Å². The Morgan fingerprint density at radius 3 is 2.51 bits per heavy atom. The van der Waals surface area contributed by atoms with E-state index in [1.165, 1.54) is 28.9 Å². The van der Waals surface area contributed by atoms with Gasteiger partial charge in [0.2, 0.25) is 12.5 Å². The number of ether oxygens (including phenoxy) is 3. The molecular formula is C27H37N3O9. The van der Waals surface area contributed by atoms with Gasteiger partial charge in [0.15, 0.2) is 23.3 Å². The van der Waals surface area contributed by atoms with Crippen LogP contribution in [0.3, 0.4) is 0 Å². The zero-order valence-electron chi connectivity index (χ0n) is 22.5. The molecule has 3 atom stereocenters. The van der Waals surface area contributed by atoms with E-state index in [1.807, 2.05) is 18.7 Å². The molecule has 2 aliphatic heterocycles. The fourth-order valence-corrected chi connectivity index (χ4v) is 5.41. The highest BCUT2D eigenvalue weighted by molar-refractivity contribution is 5.78. The molecule has 0 radical (unpaired) electrons. The Balaban J connectivity index is 1.66. The lowest BCUT2D eigenvalue weighted by atomic mass is 9.84. The summed E-state index contributed by atoms with van der Waals surface area (Å²) in [7, 11) is 1.51. The Morgan fingerprint density at radius 2 is 1.87 bits per heavy atom. The number of aromatic hydroxyl groups is 2. The first kappa shape index (κ1) is 28.4. The number of carboxylic acids is 1. The predicted octanol–water partition coefficient (Wildman–Crippen LogP) is 2.78. The number of hydrogen-bond donors (Lipinski definition) is 3. The van der Waals surface area contributed by atoms with Crippen molar-refractivity contribution in [2.24, 2.45) is 5.92 Å². The lowest BCUT2D eigenvalue weighted by Crippen LogP contribution is -2.44. The third kappa shape index (κ3) is 6.01. The van der Waals surface area contributed by atoms with E-state index >= 15 is 0 Å². The van der Waals surface area contributed by atoms with Crippen molar-refractivity contribution >= 4 is 11.9 Å². The summed E-state index contributed by atoms with van der Waals surface area (Å²) in [5.41, 5.74) is 0.697. The minimum absolute atomic E-state index is 0.0417. The molecule has 2 aliphatic rings. The van der Waals surface area contributed by atoms with Crippen LogP contribution in [0.4, 0.5) is 0 Å². The molecule has 0 aliphatic carbocycles. The number of carbonyl (C=O) groups is 2. The second kappa shape index (κ2) is 12.5. The summed E-state index contributed by atoms with van der Waals surface area (Å²) < 4.78 is 17.9. The lowest BCUT2D eigenvalue weighted by Gasteiger charge is -2.29. The van der Waals surface area contributed by atoms with Gasteiger partial charge in [0.25, 0.3) is 5.91 Å². The van der Waals surface area contributed by atoms with Crippen LogP contribution in [0.25, 0.3) is 0 Å². The van der Waals surface area contributed by atoms with E-state index in [4.69, 9.17) is 19.0 Å². The monoisotopic (exact) mass is 547 g/mol. The summed E-state index contributed by atoms with van der Waals surface area (Å²) >= 11 is 0. The third-order valence-electron chi connectivity index (χ3n) is 7.22. The maximum Gasteiger partial charge on any atom is 0.308 e. The highest BCUT2D eigenvalue weighted by atomic mass is 16.7. The van der Waals surface area contributed by atoms with Gasteiger partial charge < -0.3 is 29.5 Å². The SMILES string of the molecule is CCCON(CCC)C(=O)CN1C[C@H](c2cc(OC)c3c(c2)OCO3)C(C(=O)O)[C@@H]1CCn1c(O)ccc1O. The van der Waals surface area contributed by atoms with E-state index in [9.17, 15) is 24.9 Å². The highest BCUT2D eigenvalue weighted by Gasteiger charge is 2.47. The fourth-order valence-electron chi connectivity index (χ4n) is 5.41. The third-order valence-corrected chi connectivity index (χ3v) is 7.22. The number of fused-ring (bicyclic) bond motifs is 1. The summed E-state index contributed by atoms with van der Waals surface area (Å²) in [6.07, 6.45) is 1.73. The molecule has 1 unspecified atom stereocenters. The number of aromatic nitrogens is 1. The fraction of sp³-hybridized carbons (Fsp3) is 0.556. The normalized spacial score (nSPS) is 20.3. The Labute approximate surface area is 227 Å². The molecule has 4 rings (SSSR count). The van der Waals surface area contributed by atoms with Gasteiger partial charge in [0.05, 0.1) is 26.2 Å². The minimum atomic E-state index is -1.01. The van der Waals surface area contributed by atoms with Gasteiger partial charge in [0, 0.05) is 43.7 Å². The number of methoxy groups -OCH3 is 1. The maximum absolute atomic E-state index is 13.3. The van der Waals surface area contributed by atoms with Gasteiger partial charge in [-0.25, -0.2) is 5.06 Å². The number of hydrogen-bond acceptors (Lipinski definition) is 9. The highest BCUT2D eigenvalue weighted by Crippen LogP contribution is 2.47. The van der Waals surface area contributed by atoms with E-state index in [1.54, 1.807) is 12.1 Å². The molecule has 1 aromatic carbocycles. The van der Waals surface area contributed by atoms with E-state index in [2.05, 4.69) is 0 Å². The number of nitrogens with zero attached hydrogens (tertiary/aromatic N) is 3. The van der Waals surface area contributed by atoms with Crippen molar-refractivity contribution in [3.8, 4) is 29.0 Å². The smallest absolute Gasteiger partial charge is 0.308 e. The Kier molecular flexibility index (Phi) is 9.08. The summed E-state index contributed by atoms with van der Waals surface area (Å²) in [6.45, 7) is 5.18. The second-order valence-electron chi connectivity index (χ2n) is 9.74. The topological polar surface area (TPSA) is 143 Å². The summed E-state index contributed by atoms with van der Waals surface area (Å²) in [6, 6.07) is 5.69. The molecule has 0 bridgehead atoms.